The zero-order valence-electron chi connectivity index (χ0n) is 66.9. The molecule has 0 fully saturated rings. The summed E-state index contributed by atoms with van der Waals surface area (Å²) in [5.41, 5.74) is 48.7. The van der Waals surface area contributed by atoms with Crippen LogP contribution in [0.2, 0.25) is 0 Å². The smallest absolute Gasteiger partial charge is 0.0622 e. The summed E-state index contributed by atoms with van der Waals surface area (Å²) in [5.74, 6) is 0. The monoisotopic (exact) mass is 1490 g/mol. The molecule has 0 saturated heterocycles. The lowest BCUT2D eigenvalue weighted by Gasteiger charge is -2.33. The molecule has 18 aromatic rings. The standard InChI is InChI=1S/C75H40.6C7H8/c1-5-13-61-49(9-1)53-25-17-41-33-65(53)73(61)62-14-6-2-10-50(62)54-26-18-42(34-66(54)73)46-22-30-58-60-32-24-48-40-72(60)75(70(58)38-46)69-37-45(41)21-29-57(69)59-31-23-47(39-71(59)75)43-19-27-55-51-11-3-7-15-63(51)74(67(55)35-43)64-16-8-4-12-52(64)56-28-20-44(48)36-68(56)74;6*1-7-5-3-2-4-6-7/h1-40H;6*2-6H,1H3. The van der Waals surface area contributed by atoms with E-state index in [0.717, 1.165) is 0 Å². The lowest BCUT2D eigenvalue weighted by Crippen LogP contribution is -2.27. The van der Waals surface area contributed by atoms with E-state index in [9.17, 15) is 0 Å². The van der Waals surface area contributed by atoms with Gasteiger partial charge in [-0.3, -0.25) is 0 Å². The highest BCUT2D eigenvalue weighted by atomic mass is 14.6. The number of hydrogen-bond donors (Lipinski definition) is 0. The van der Waals surface area contributed by atoms with E-state index in [1.807, 2.05) is 109 Å². The van der Waals surface area contributed by atoms with E-state index in [1.165, 1.54) is 211 Å². The van der Waals surface area contributed by atoms with Crippen molar-refractivity contribution in [2.45, 2.75) is 57.8 Å². The molecule has 0 heterocycles. The van der Waals surface area contributed by atoms with E-state index in [2.05, 4.69) is 357 Å². The van der Waals surface area contributed by atoms with Crippen LogP contribution in [0.25, 0.3) is 111 Å². The first-order valence-corrected chi connectivity index (χ1v) is 41.2. The second-order valence-corrected chi connectivity index (χ2v) is 32.4. The zero-order valence-corrected chi connectivity index (χ0v) is 66.9. The van der Waals surface area contributed by atoms with Crippen LogP contribution in [0.5, 0.6) is 0 Å². The SMILES string of the molecule is Cc1ccccc1.Cc1ccccc1.Cc1ccccc1.Cc1ccccc1.Cc1ccccc1.Cc1ccccc1.c1ccc2c(c1)-c1ccc3cc1C21c2ccccc2-c2ccc(cc21)-c1ccc2c(c1)C14c5cc-3ccc5-c3ccc(cc31)-c1ccc3c(c1)C1(c5ccccc5-3)c3ccccc3-c3ccc(cc31)-c1ccc-2c4c1. The molecule has 556 valence electrons. The minimum absolute atomic E-state index is 0.451. The van der Waals surface area contributed by atoms with Crippen LogP contribution >= 0.6 is 0 Å². The Labute approximate surface area is 689 Å². The first-order chi connectivity index (χ1) is 57.5. The number of benzene rings is 18. The van der Waals surface area contributed by atoms with Crippen LogP contribution in [0.4, 0.5) is 0 Å². The minimum Gasteiger partial charge on any atom is -0.0622 e. The predicted molar refractivity (Wildman–Crippen MR) is 491 cm³/mol. The van der Waals surface area contributed by atoms with E-state index in [4.69, 9.17) is 0 Å². The molecule has 16 bridgehead atoms. The van der Waals surface area contributed by atoms with Gasteiger partial charge in [0.2, 0.25) is 0 Å². The van der Waals surface area contributed by atoms with Crippen molar-refractivity contribution in [3.63, 3.8) is 0 Å². The highest BCUT2D eigenvalue weighted by Crippen LogP contribution is 2.69. The molecular formula is C117H88. The van der Waals surface area contributed by atoms with Crippen molar-refractivity contribution in [2.24, 2.45) is 0 Å². The highest BCUT2D eigenvalue weighted by Gasteiger charge is 2.56. The molecule has 0 radical (unpaired) electrons. The van der Waals surface area contributed by atoms with Gasteiger partial charge in [-0.25, -0.2) is 0 Å². The van der Waals surface area contributed by atoms with Crippen LogP contribution < -0.4 is 0 Å². The lowest BCUT2D eigenvalue weighted by molar-refractivity contribution is 0.790. The molecule has 0 aliphatic heterocycles. The van der Waals surface area contributed by atoms with Crippen LogP contribution in [-0.2, 0) is 16.2 Å². The van der Waals surface area contributed by atoms with Gasteiger partial charge < -0.3 is 0 Å². The third kappa shape index (κ3) is 11.8. The van der Waals surface area contributed by atoms with Gasteiger partial charge in [-0.1, -0.05) is 409 Å². The van der Waals surface area contributed by atoms with Gasteiger partial charge in [0, 0.05) is 0 Å². The summed E-state index contributed by atoms with van der Waals surface area (Å²) >= 11 is 0. The Balaban J connectivity index is 0.000000170. The summed E-state index contributed by atoms with van der Waals surface area (Å²) in [6.45, 7) is 12.5. The average Bonchev–Trinajstić information content (AvgIpc) is 1.51. The summed E-state index contributed by atoms with van der Waals surface area (Å²) in [6, 6.07) is 158. The highest BCUT2D eigenvalue weighted by molar-refractivity contribution is 6.03. The molecule has 3 spiro atoms. The molecule has 8 aliphatic rings. The number of rotatable bonds is 0. The quantitative estimate of drug-likeness (QED) is 0.142. The summed E-state index contributed by atoms with van der Waals surface area (Å²) in [6.07, 6.45) is 0. The topological polar surface area (TPSA) is 0 Å². The first kappa shape index (κ1) is 72.0. The normalized spacial score (nSPS) is 13.2. The molecule has 0 atom stereocenters. The molecule has 18 aromatic carbocycles. The number of hydrogen-bond acceptors (Lipinski definition) is 0. The first-order valence-electron chi connectivity index (χ1n) is 41.2. The van der Waals surface area contributed by atoms with Gasteiger partial charge in [0.25, 0.3) is 0 Å². The summed E-state index contributed by atoms with van der Waals surface area (Å²) in [7, 11) is 0. The maximum atomic E-state index is 2.60. The van der Waals surface area contributed by atoms with Gasteiger partial charge in [-0.05, 0) is 268 Å². The zero-order chi connectivity index (χ0) is 78.9. The maximum Gasteiger partial charge on any atom is 0.0726 e. The van der Waals surface area contributed by atoms with Crippen LogP contribution in [0.15, 0.2) is 425 Å². The van der Waals surface area contributed by atoms with Crippen LogP contribution in [-0.4, -0.2) is 0 Å². The Kier molecular flexibility index (Phi) is 18.1. The number of aryl methyl sites for hydroxylation is 6. The molecule has 0 saturated carbocycles. The van der Waals surface area contributed by atoms with Crippen LogP contribution in [0.1, 0.15) is 100 Å². The second kappa shape index (κ2) is 29.4. The van der Waals surface area contributed by atoms with Crippen molar-refractivity contribution in [3.05, 3.63) is 525 Å². The molecule has 0 aromatic heterocycles. The molecule has 0 heteroatoms. The molecule has 0 amide bonds. The fourth-order valence-electron chi connectivity index (χ4n) is 20.1. The van der Waals surface area contributed by atoms with Gasteiger partial charge in [0.05, 0.1) is 16.2 Å². The number of fused-ring (bicyclic) bond motifs is 22. The molecule has 0 nitrogen and oxygen atoms in total. The summed E-state index contributed by atoms with van der Waals surface area (Å²) in [4.78, 5) is 0. The van der Waals surface area contributed by atoms with Gasteiger partial charge in [-0.2, -0.15) is 0 Å². The molecule has 0 N–H and O–H groups in total. The van der Waals surface area contributed by atoms with Crippen LogP contribution in [0, 0.1) is 41.5 Å². The van der Waals surface area contributed by atoms with Gasteiger partial charge in [0.15, 0.2) is 0 Å². The van der Waals surface area contributed by atoms with Gasteiger partial charge >= 0.3 is 0 Å². The maximum absolute atomic E-state index is 2.60. The largest absolute Gasteiger partial charge is 0.0726 e. The van der Waals surface area contributed by atoms with E-state index < -0.39 is 16.2 Å². The fraction of sp³-hybridized carbons (Fsp3) is 0.0769. The second-order valence-electron chi connectivity index (χ2n) is 32.4. The van der Waals surface area contributed by atoms with Crippen molar-refractivity contribution in [1.82, 2.24) is 0 Å². The Bertz CT molecular complexity index is 5950. The van der Waals surface area contributed by atoms with Gasteiger partial charge in [-0.15, -0.1) is 0 Å². The van der Waals surface area contributed by atoms with Gasteiger partial charge in [0.1, 0.15) is 0 Å². The van der Waals surface area contributed by atoms with Crippen LogP contribution in [0.3, 0.4) is 0 Å². The molecular weight excluding hydrogens is 1410 g/mol. The predicted octanol–water partition coefficient (Wildman–Crippen LogP) is 30.0. The minimum atomic E-state index is -0.602. The van der Waals surface area contributed by atoms with Crippen molar-refractivity contribution in [2.75, 3.05) is 0 Å². The van der Waals surface area contributed by atoms with Crippen molar-refractivity contribution in [3.8, 4) is 111 Å². The molecule has 117 heavy (non-hydrogen) atoms. The molecule has 0 unspecified atom stereocenters. The van der Waals surface area contributed by atoms with E-state index >= 15 is 0 Å². The van der Waals surface area contributed by atoms with Crippen molar-refractivity contribution in [1.29, 1.82) is 0 Å². The Morgan fingerprint density at radius 3 is 0.368 bits per heavy atom. The summed E-state index contributed by atoms with van der Waals surface area (Å²) < 4.78 is 0. The molecule has 8 aliphatic carbocycles. The fourth-order valence-corrected chi connectivity index (χ4v) is 20.1. The summed E-state index contributed by atoms with van der Waals surface area (Å²) in [5, 5.41) is 0. The van der Waals surface area contributed by atoms with Crippen molar-refractivity contribution >= 4 is 0 Å². The van der Waals surface area contributed by atoms with E-state index in [-0.39, 0.29) is 0 Å². The average molecular weight is 1490 g/mol. The third-order valence-electron chi connectivity index (χ3n) is 25.4. The van der Waals surface area contributed by atoms with E-state index in [0.29, 0.717) is 0 Å². The Morgan fingerprint density at radius 2 is 0.231 bits per heavy atom. The van der Waals surface area contributed by atoms with E-state index in [1.54, 1.807) is 0 Å². The Morgan fingerprint density at radius 1 is 0.111 bits per heavy atom. The third-order valence-corrected chi connectivity index (χ3v) is 25.4. The Hall–Kier alpha value is -14.0. The van der Waals surface area contributed by atoms with Crippen molar-refractivity contribution < 1.29 is 0 Å². The lowest BCUT2D eigenvalue weighted by atomic mass is 9.68. The molecule has 26 rings (SSSR count).